The molecule has 1 N–H and O–H groups in total. The van der Waals surface area contributed by atoms with E-state index in [1.165, 1.54) is 4.90 Å². The van der Waals surface area contributed by atoms with Gasteiger partial charge in [-0.05, 0) is 25.7 Å². The van der Waals surface area contributed by atoms with Crippen molar-refractivity contribution >= 4 is 11.8 Å². The quantitative estimate of drug-likeness (QED) is 0.722. The van der Waals surface area contributed by atoms with E-state index in [9.17, 15) is 9.59 Å². The van der Waals surface area contributed by atoms with Gasteiger partial charge in [-0.2, -0.15) is 0 Å². The van der Waals surface area contributed by atoms with Crippen molar-refractivity contribution in [3.8, 4) is 0 Å². The average molecular weight is 224 g/mol. The van der Waals surface area contributed by atoms with E-state index in [1.807, 2.05) is 13.8 Å². The van der Waals surface area contributed by atoms with E-state index >= 15 is 0 Å². The number of hydrogen-bond donors (Lipinski definition) is 1. The van der Waals surface area contributed by atoms with Gasteiger partial charge in [0.1, 0.15) is 0 Å². The Morgan fingerprint density at radius 1 is 1.50 bits per heavy atom. The Labute approximate surface area is 96.4 Å². The Hall–Kier alpha value is -0.900. The molecule has 1 aliphatic carbocycles. The normalized spacial score (nSPS) is 35.7. The summed E-state index contributed by atoms with van der Waals surface area (Å²) in [6, 6.07) is 0.207. The molecule has 4 nitrogen and oxygen atoms in total. The SMILES string of the molecule is CCC(C)N1C(=O)CC(NC2CC2C)C1=O. The van der Waals surface area contributed by atoms with Gasteiger partial charge in [-0.25, -0.2) is 0 Å². The minimum atomic E-state index is -0.267. The fourth-order valence-corrected chi connectivity index (χ4v) is 2.24. The topological polar surface area (TPSA) is 49.4 Å². The van der Waals surface area contributed by atoms with Crippen molar-refractivity contribution in [3.05, 3.63) is 0 Å². The third-order valence-corrected chi connectivity index (χ3v) is 3.74. The van der Waals surface area contributed by atoms with Crippen LogP contribution in [0.5, 0.6) is 0 Å². The lowest BCUT2D eigenvalue weighted by Crippen LogP contribution is -2.43. The van der Waals surface area contributed by atoms with Crippen LogP contribution in [-0.2, 0) is 9.59 Å². The van der Waals surface area contributed by atoms with E-state index in [0.29, 0.717) is 18.4 Å². The predicted molar refractivity (Wildman–Crippen MR) is 60.7 cm³/mol. The number of likely N-dealkylation sites (tertiary alicyclic amines) is 1. The number of nitrogens with zero attached hydrogens (tertiary/aromatic N) is 1. The molecular formula is C12H20N2O2. The Balaban J connectivity index is 1.98. The van der Waals surface area contributed by atoms with Gasteiger partial charge < -0.3 is 5.32 Å². The molecule has 2 fully saturated rings. The molecular weight excluding hydrogens is 204 g/mol. The summed E-state index contributed by atoms with van der Waals surface area (Å²) in [5.74, 6) is 0.601. The van der Waals surface area contributed by atoms with Crippen LogP contribution in [0.4, 0.5) is 0 Å². The molecule has 2 aliphatic rings. The summed E-state index contributed by atoms with van der Waals surface area (Å²) in [5, 5.41) is 3.28. The lowest BCUT2D eigenvalue weighted by molar-refractivity contribution is -0.141. The molecule has 4 heteroatoms. The van der Waals surface area contributed by atoms with Crippen molar-refractivity contribution in [1.82, 2.24) is 10.2 Å². The van der Waals surface area contributed by atoms with E-state index in [0.717, 1.165) is 12.8 Å². The van der Waals surface area contributed by atoms with E-state index in [4.69, 9.17) is 0 Å². The highest BCUT2D eigenvalue weighted by Gasteiger charge is 2.44. The maximum absolute atomic E-state index is 12.0. The minimum Gasteiger partial charge on any atom is -0.302 e. The number of nitrogens with one attached hydrogen (secondary N) is 1. The summed E-state index contributed by atoms with van der Waals surface area (Å²) in [5.41, 5.74) is 0. The molecule has 2 rings (SSSR count). The van der Waals surface area contributed by atoms with Gasteiger partial charge in [-0.15, -0.1) is 0 Å². The van der Waals surface area contributed by atoms with Crippen molar-refractivity contribution in [1.29, 1.82) is 0 Å². The molecule has 1 saturated heterocycles. The number of carbonyl (C=O) groups excluding carboxylic acids is 2. The first-order valence-corrected chi connectivity index (χ1v) is 6.16. The van der Waals surface area contributed by atoms with Crippen LogP contribution >= 0.6 is 0 Å². The number of rotatable bonds is 4. The molecule has 0 aromatic rings. The molecule has 1 saturated carbocycles. The van der Waals surface area contributed by atoms with Crippen LogP contribution in [-0.4, -0.2) is 34.8 Å². The molecule has 0 aromatic carbocycles. The lowest BCUT2D eigenvalue weighted by atomic mass is 10.2. The second-order valence-corrected chi connectivity index (χ2v) is 5.10. The highest BCUT2D eigenvalue weighted by Crippen LogP contribution is 2.31. The predicted octanol–water partition coefficient (Wildman–Crippen LogP) is 0.910. The third kappa shape index (κ3) is 1.98. The zero-order valence-corrected chi connectivity index (χ0v) is 10.2. The van der Waals surface area contributed by atoms with Gasteiger partial charge in [-0.1, -0.05) is 13.8 Å². The number of amides is 2. The molecule has 1 heterocycles. The van der Waals surface area contributed by atoms with Crippen LogP contribution in [0.25, 0.3) is 0 Å². The number of carbonyl (C=O) groups is 2. The lowest BCUT2D eigenvalue weighted by Gasteiger charge is -2.21. The highest BCUT2D eigenvalue weighted by molar-refractivity contribution is 6.05. The Bertz CT molecular complexity index is 316. The molecule has 16 heavy (non-hydrogen) atoms. The highest BCUT2D eigenvalue weighted by atomic mass is 16.2. The van der Waals surface area contributed by atoms with E-state index < -0.39 is 0 Å². The summed E-state index contributed by atoms with van der Waals surface area (Å²) in [6.07, 6.45) is 2.29. The molecule has 0 radical (unpaired) electrons. The smallest absolute Gasteiger partial charge is 0.247 e. The molecule has 4 unspecified atom stereocenters. The Morgan fingerprint density at radius 3 is 2.62 bits per heavy atom. The monoisotopic (exact) mass is 224 g/mol. The maximum atomic E-state index is 12.0. The van der Waals surface area contributed by atoms with E-state index in [2.05, 4.69) is 12.2 Å². The van der Waals surface area contributed by atoms with Gasteiger partial charge >= 0.3 is 0 Å². The van der Waals surface area contributed by atoms with Crippen molar-refractivity contribution in [3.63, 3.8) is 0 Å². The maximum Gasteiger partial charge on any atom is 0.247 e. The summed E-state index contributed by atoms with van der Waals surface area (Å²) in [7, 11) is 0. The van der Waals surface area contributed by atoms with Crippen molar-refractivity contribution < 1.29 is 9.59 Å². The minimum absolute atomic E-state index is 0.0230. The molecule has 0 bridgehead atoms. The van der Waals surface area contributed by atoms with Crippen LogP contribution in [0.1, 0.15) is 40.0 Å². The van der Waals surface area contributed by atoms with Crippen molar-refractivity contribution in [2.75, 3.05) is 0 Å². The Morgan fingerprint density at radius 2 is 2.12 bits per heavy atom. The zero-order chi connectivity index (χ0) is 11.9. The first-order valence-electron chi connectivity index (χ1n) is 6.16. The Kier molecular flexibility index (Phi) is 3.02. The standard InChI is InChI=1S/C12H20N2O2/c1-4-8(3)14-11(15)6-10(12(14)16)13-9-5-7(9)2/h7-10,13H,4-6H2,1-3H3. The number of imide groups is 1. The molecule has 90 valence electrons. The second-order valence-electron chi connectivity index (χ2n) is 5.10. The first kappa shape index (κ1) is 11.6. The zero-order valence-electron chi connectivity index (χ0n) is 10.2. The van der Waals surface area contributed by atoms with Crippen molar-refractivity contribution in [2.45, 2.75) is 58.2 Å². The molecule has 4 atom stereocenters. The second kappa shape index (κ2) is 4.17. The summed E-state index contributed by atoms with van der Waals surface area (Å²) < 4.78 is 0. The van der Waals surface area contributed by atoms with Crippen LogP contribution in [0, 0.1) is 5.92 Å². The molecule has 1 aliphatic heterocycles. The summed E-state index contributed by atoms with van der Waals surface area (Å²) >= 11 is 0. The van der Waals surface area contributed by atoms with Gasteiger partial charge in [-0.3, -0.25) is 14.5 Å². The largest absolute Gasteiger partial charge is 0.302 e. The van der Waals surface area contributed by atoms with Gasteiger partial charge in [0.15, 0.2) is 0 Å². The summed E-state index contributed by atoms with van der Waals surface area (Å²) in [6.45, 7) is 6.08. The molecule has 0 aromatic heterocycles. The average Bonchev–Trinajstić information content (AvgIpc) is 2.84. The van der Waals surface area contributed by atoms with Gasteiger partial charge in [0.05, 0.1) is 12.5 Å². The van der Waals surface area contributed by atoms with Crippen molar-refractivity contribution in [2.24, 2.45) is 5.92 Å². The van der Waals surface area contributed by atoms with Gasteiger partial charge in [0.2, 0.25) is 11.8 Å². The van der Waals surface area contributed by atoms with E-state index in [1.54, 1.807) is 0 Å². The molecule has 0 spiro atoms. The fourth-order valence-electron chi connectivity index (χ4n) is 2.24. The third-order valence-electron chi connectivity index (χ3n) is 3.74. The first-order chi connectivity index (χ1) is 7.54. The van der Waals surface area contributed by atoms with Crippen LogP contribution in [0.15, 0.2) is 0 Å². The van der Waals surface area contributed by atoms with Crippen LogP contribution in [0.2, 0.25) is 0 Å². The molecule has 2 amide bonds. The summed E-state index contributed by atoms with van der Waals surface area (Å²) in [4.78, 5) is 25.2. The fraction of sp³-hybridized carbons (Fsp3) is 0.833. The van der Waals surface area contributed by atoms with Gasteiger partial charge in [0.25, 0.3) is 0 Å². The number of hydrogen-bond acceptors (Lipinski definition) is 3. The van der Waals surface area contributed by atoms with Gasteiger partial charge in [0, 0.05) is 12.1 Å². The van der Waals surface area contributed by atoms with Crippen LogP contribution < -0.4 is 5.32 Å². The van der Waals surface area contributed by atoms with Crippen LogP contribution in [0.3, 0.4) is 0 Å². The van der Waals surface area contributed by atoms with E-state index in [-0.39, 0.29) is 23.9 Å².